The summed E-state index contributed by atoms with van der Waals surface area (Å²) in [6.07, 6.45) is 4.29. The van der Waals surface area contributed by atoms with Gasteiger partial charge in [-0.1, -0.05) is 18.2 Å². The van der Waals surface area contributed by atoms with E-state index in [1.165, 1.54) is 27.8 Å². The van der Waals surface area contributed by atoms with Crippen molar-refractivity contribution in [3.05, 3.63) is 40.0 Å². The Bertz CT molecular complexity index is 344. The van der Waals surface area contributed by atoms with Gasteiger partial charge in [-0.2, -0.15) is 0 Å². The van der Waals surface area contributed by atoms with Gasteiger partial charge in [0.25, 0.3) is 0 Å². The van der Waals surface area contributed by atoms with Crippen LogP contribution >= 0.6 is 0 Å². The van der Waals surface area contributed by atoms with Crippen molar-refractivity contribution in [2.45, 2.75) is 34.6 Å². The lowest BCUT2D eigenvalue weighted by molar-refractivity contribution is 1.22. The molecule has 0 heteroatoms. The van der Waals surface area contributed by atoms with Crippen LogP contribution in [-0.4, -0.2) is 0 Å². The van der Waals surface area contributed by atoms with E-state index in [0.717, 1.165) is 0 Å². The molecule has 1 rings (SSSR count). The van der Waals surface area contributed by atoms with E-state index in [2.05, 4.69) is 52.8 Å². The van der Waals surface area contributed by atoms with Gasteiger partial charge in [0, 0.05) is 0 Å². The number of hydrogen-bond acceptors (Lipinski definition) is 0. The highest BCUT2D eigenvalue weighted by Crippen LogP contribution is 2.22. The van der Waals surface area contributed by atoms with Crippen LogP contribution in [0.1, 0.15) is 34.7 Å². The van der Waals surface area contributed by atoms with E-state index in [0.29, 0.717) is 0 Å². The molecule has 70 valence electrons. The van der Waals surface area contributed by atoms with Crippen molar-refractivity contribution in [2.75, 3.05) is 0 Å². The second-order valence-electron chi connectivity index (χ2n) is 3.67. The van der Waals surface area contributed by atoms with Crippen LogP contribution in [0.2, 0.25) is 0 Å². The van der Waals surface area contributed by atoms with Crippen molar-refractivity contribution in [2.24, 2.45) is 0 Å². The van der Waals surface area contributed by atoms with E-state index in [1.54, 1.807) is 0 Å². The number of hydrogen-bond donors (Lipinski definition) is 0. The highest BCUT2D eigenvalue weighted by Gasteiger charge is 2.04. The van der Waals surface area contributed by atoms with Gasteiger partial charge in [0.2, 0.25) is 0 Å². The molecule has 0 unspecified atom stereocenters. The average molecular weight is 174 g/mol. The maximum Gasteiger partial charge on any atom is -0.0198 e. The molecule has 0 heterocycles. The molecule has 1 aromatic rings. The van der Waals surface area contributed by atoms with Crippen molar-refractivity contribution in [3.8, 4) is 0 Å². The molecule has 0 aliphatic heterocycles. The van der Waals surface area contributed by atoms with Crippen molar-refractivity contribution in [3.63, 3.8) is 0 Å². The Balaban J connectivity index is 3.43. The number of allylic oxidation sites excluding steroid dienone is 1. The maximum absolute atomic E-state index is 2.26. The van der Waals surface area contributed by atoms with E-state index >= 15 is 0 Å². The first-order valence-corrected chi connectivity index (χ1v) is 4.78. The lowest BCUT2D eigenvalue weighted by Gasteiger charge is -2.11. The molecule has 0 saturated carbocycles. The minimum Gasteiger partial charge on any atom is -0.0870 e. The van der Waals surface area contributed by atoms with E-state index < -0.39 is 0 Å². The molecule has 0 fully saturated rings. The molecule has 0 atom stereocenters. The zero-order valence-corrected chi connectivity index (χ0v) is 9.23. The molecule has 13 heavy (non-hydrogen) atoms. The summed E-state index contributed by atoms with van der Waals surface area (Å²) in [4.78, 5) is 0. The predicted octanol–water partition coefficient (Wildman–Crippen LogP) is 3.95. The standard InChI is InChI=1S/C13H18/c1-6-7-13-10(3)8-9(2)11(4)12(13)5/h6-8H,1-5H3. The summed E-state index contributed by atoms with van der Waals surface area (Å²) in [5.74, 6) is 0. The summed E-state index contributed by atoms with van der Waals surface area (Å²) < 4.78 is 0. The van der Waals surface area contributed by atoms with E-state index in [1.807, 2.05) is 0 Å². The fraction of sp³-hybridized carbons (Fsp3) is 0.385. The van der Waals surface area contributed by atoms with E-state index in [9.17, 15) is 0 Å². The Morgan fingerprint density at radius 3 is 2.08 bits per heavy atom. The van der Waals surface area contributed by atoms with Gasteiger partial charge in [0.1, 0.15) is 0 Å². The minimum absolute atomic E-state index is 1.37. The van der Waals surface area contributed by atoms with Crippen LogP contribution in [0, 0.1) is 27.7 Å². The van der Waals surface area contributed by atoms with Crippen LogP contribution in [0.4, 0.5) is 0 Å². The summed E-state index contributed by atoms with van der Waals surface area (Å²) in [7, 11) is 0. The Hall–Kier alpha value is -1.04. The molecule has 0 spiro atoms. The molecule has 0 amide bonds. The third-order valence-electron chi connectivity index (χ3n) is 2.75. The van der Waals surface area contributed by atoms with Crippen LogP contribution in [0.3, 0.4) is 0 Å². The third-order valence-corrected chi connectivity index (χ3v) is 2.75. The molecular formula is C13H18. The summed E-state index contributed by atoms with van der Waals surface area (Å²) in [6.45, 7) is 10.8. The second-order valence-corrected chi connectivity index (χ2v) is 3.67. The Morgan fingerprint density at radius 2 is 1.54 bits per heavy atom. The Labute approximate surface area is 81.3 Å². The summed E-state index contributed by atoms with van der Waals surface area (Å²) in [5, 5.41) is 0. The molecule has 0 nitrogen and oxygen atoms in total. The van der Waals surface area contributed by atoms with Gasteiger partial charge >= 0.3 is 0 Å². The lowest BCUT2D eigenvalue weighted by Crippen LogP contribution is -1.93. The van der Waals surface area contributed by atoms with E-state index in [4.69, 9.17) is 0 Å². The van der Waals surface area contributed by atoms with Crippen LogP contribution in [0.15, 0.2) is 12.1 Å². The molecule has 0 aliphatic rings. The molecule has 1 aromatic carbocycles. The van der Waals surface area contributed by atoms with Crippen molar-refractivity contribution in [1.82, 2.24) is 0 Å². The van der Waals surface area contributed by atoms with Crippen molar-refractivity contribution in [1.29, 1.82) is 0 Å². The van der Waals surface area contributed by atoms with Crippen molar-refractivity contribution < 1.29 is 0 Å². The second kappa shape index (κ2) is 3.78. The maximum atomic E-state index is 2.26. The molecular weight excluding hydrogens is 156 g/mol. The lowest BCUT2D eigenvalue weighted by atomic mass is 9.94. The third kappa shape index (κ3) is 1.82. The topological polar surface area (TPSA) is 0 Å². The normalized spacial score (nSPS) is 11.2. The zero-order valence-electron chi connectivity index (χ0n) is 9.23. The van der Waals surface area contributed by atoms with Gasteiger partial charge in [-0.05, 0) is 62.4 Å². The van der Waals surface area contributed by atoms with Gasteiger partial charge in [0.05, 0.1) is 0 Å². The molecule has 0 aromatic heterocycles. The van der Waals surface area contributed by atoms with Gasteiger partial charge < -0.3 is 0 Å². The summed E-state index contributed by atoms with van der Waals surface area (Å²) in [6, 6.07) is 2.26. The molecule has 0 bridgehead atoms. The van der Waals surface area contributed by atoms with Crippen molar-refractivity contribution >= 4 is 6.08 Å². The minimum atomic E-state index is 1.37. The highest BCUT2D eigenvalue weighted by atomic mass is 14.1. The van der Waals surface area contributed by atoms with Gasteiger partial charge in [-0.3, -0.25) is 0 Å². The number of aryl methyl sites for hydroxylation is 2. The first-order chi connectivity index (χ1) is 6.07. The number of benzene rings is 1. The first kappa shape index (κ1) is 10.0. The van der Waals surface area contributed by atoms with Crippen LogP contribution in [-0.2, 0) is 0 Å². The van der Waals surface area contributed by atoms with E-state index in [-0.39, 0.29) is 0 Å². The average Bonchev–Trinajstić information content (AvgIpc) is 2.09. The monoisotopic (exact) mass is 174 g/mol. The molecule has 0 N–H and O–H groups in total. The number of rotatable bonds is 1. The molecule has 0 radical (unpaired) electrons. The highest BCUT2D eigenvalue weighted by molar-refractivity contribution is 5.60. The zero-order chi connectivity index (χ0) is 10.0. The van der Waals surface area contributed by atoms with Gasteiger partial charge in [-0.15, -0.1) is 0 Å². The van der Waals surface area contributed by atoms with Gasteiger partial charge in [-0.25, -0.2) is 0 Å². The Morgan fingerprint density at radius 1 is 0.923 bits per heavy atom. The largest absolute Gasteiger partial charge is 0.0870 e. The summed E-state index contributed by atoms with van der Waals surface area (Å²) in [5.41, 5.74) is 6.97. The van der Waals surface area contributed by atoms with Crippen LogP contribution in [0.25, 0.3) is 6.08 Å². The van der Waals surface area contributed by atoms with Crippen LogP contribution < -0.4 is 0 Å². The first-order valence-electron chi connectivity index (χ1n) is 4.78. The Kier molecular flexibility index (Phi) is 2.92. The van der Waals surface area contributed by atoms with Gasteiger partial charge in [0.15, 0.2) is 0 Å². The fourth-order valence-corrected chi connectivity index (χ4v) is 1.73. The SMILES string of the molecule is CC=Cc1c(C)cc(C)c(C)c1C. The molecule has 0 aliphatic carbocycles. The van der Waals surface area contributed by atoms with Crippen LogP contribution in [0.5, 0.6) is 0 Å². The summed E-state index contributed by atoms with van der Waals surface area (Å²) >= 11 is 0. The smallest absolute Gasteiger partial charge is 0.0198 e. The quantitative estimate of drug-likeness (QED) is 0.604. The molecule has 0 saturated heterocycles. The predicted molar refractivity (Wildman–Crippen MR) is 60.1 cm³/mol. The fourth-order valence-electron chi connectivity index (χ4n) is 1.73.